The second-order valence-electron chi connectivity index (χ2n) is 9.35. The van der Waals surface area contributed by atoms with E-state index in [1.165, 1.54) is 17.4 Å². The predicted molar refractivity (Wildman–Crippen MR) is 155 cm³/mol. The van der Waals surface area contributed by atoms with Gasteiger partial charge in [0.15, 0.2) is 0 Å². The third-order valence-corrected chi connectivity index (χ3v) is 6.92. The van der Waals surface area contributed by atoms with Crippen molar-refractivity contribution in [3.63, 3.8) is 0 Å². The van der Waals surface area contributed by atoms with Crippen LogP contribution in [0.5, 0.6) is 0 Å². The van der Waals surface area contributed by atoms with Gasteiger partial charge in [-0.15, -0.1) is 11.3 Å². The average molecular weight is 541 g/mol. The number of amides is 2. The molecule has 198 valence electrons. The number of amidine groups is 1. The van der Waals surface area contributed by atoms with Crippen LogP contribution in [-0.4, -0.2) is 35.3 Å². The lowest BCUT2D eigenvalue weighted by Gasteiger charge is -2.15. The molecule has 0 aliphatic heterocycles. The lowest BCUT2D eigenvalue weighted by molar-refractivity contribution is 0.0697. The highest BCUT2D eigenvalue weighted by molar-refractivity contribution is 7.13. The summed E-state index contributed by atoms with van der Waals surface area (Å²) in [4.78, 5) is 39.4. The molecular formula is C30H28N4O4S. The number of thiophene rings is 1. The summed E-state index contributed by atoms with van der Waals surface area (Å²) in [7, 11) is 0. The standard InChI is InChI=1S/C30H28N4O4S/c1-17(2)16-33-28(35)20-8-12-23(25(15-20)30(37)38)22-11-7-19(26-4-3-13-39-26)14-24(22)29(36)34-21-9-5-18(6-10-21)27(31)32/h3-15,17H,16H2,1-2H3,(H3,31,32)(H,33,35)(H,34,36)(H,37,38). The summed E-state index contributed by atoms with van der Waals surface area (Å²) in [6.07, 6.45) is 0. The number of carboxylic acid groups (broad SMARTS) is 1. The number of benzene rings is 3. The number of anilines is 1. The minimum absolute atomic E-state index is 0.0821. The SMILES string of the molecule is CC(C)CNC(=O)c1ccc(-c2ccc(-c3cccs3)cc2C(=O)Nc2ccc(C(=N)N)cc2)c(C(=O)O)c1. The third-order valence-electron chi connectivity index (χ3n) is 6.00. The van der Waals surface area contributed by atoms with Gasteiger partial charge in [-0.25, -0.2) is 4.79 Å². The van der Waals surface area contributed by atoms with E-state index in [1.807, 2.05) is 37.4 Å². The van der Waals surface area contributed by atoms with E-state index in [-0.39, 0.29) is 34.4 Å². The molecule has 8 nitrogen and oxygen atoms in total. The molecule has 0 radical (unpaired) electrons. The number of aromatic carboxylic acids is 1. The molecule has 0 fully saturated rings. The maximum atomic E-state index is 13.6. The number of hydrogen-bond donors (Lipinski definition) is 5. The minimum Gasteiger partial charge on any atom is -0.478 e. The van der Waals surface area contributed by atoms with Crippen molar-refractivity contribution in [1.82, 2.24) is 5.32 Å². The van der Waals surface area contributed by atoms with Gasteiger partial charge in [-0.05, 0) is 76.5 Å². The maximum absolute atomic E-state index is 13.6. The Morgan fingerprint density at radius 3 is 2.18 bits per heavy atom. The van der Waals surface area contributed by atoms with Gasteiger partial charge in [-0.3, -0.25) is 15.0 Å². The molecule has 4 rings (SSSR count). The number of rotatable bonds is 9. The molecule has 0 atom stereocenters. The molecule has 0 spiro atoms. The van der Waals surface area contributed by atoms with E-state index in [9.17, 15) is 19.5 Å². The van der Waals surface area contributed by atoms with Crippen molar-refractivity contribution in [1.29, 1.82) is 5.41 Å². The van der Waals surface area contributed by atoms with Crippen LogP contribution in [0, 0.1) is 11.3 Å². The van der Waals surface area contributed by atoms with Crippen LogP contribution in [0.25, 0.3) is 21.6 Å². The highest BCUT2D eigenvalue weighted by Crippen LogP contribution is 2.34. The Kier molecular flexibility index (Phi) is 8.21. The van der Waals surface area contributed by atoms with Gasteiger partial charge in [-0.2, -0.15) is 0 Å². The number of nitrogens with one attached hydrogen (secondary N) is 3. The van der Waals surface area contributed by atoms with E-state index in [0.717, 1.165) is 10.4 Å². The summed E-state index contributed by atoms with van der Waals surface area (Å²) in [6, 6.07) is 20.2. The zero-order valence-corrected chi connectivity index (χ0v) is 22.3. The highest BCUT2D eigenvalue weighted by Gasteiger charge is 2.21. The van der Waals surface area contributed by atoms with Gasteiger partial charge in [-0.1, -0.05) is 38.1 Å². The molecule has 1 aromatic heterocycles. The van der Waals surface area contributed by atoms with Gasteiger partial charge >= 0.3 is 5.97 Å². The smallest absolute Gasteiger partial charge is 0.336 e. The molecular weight excluding hydrogens is 512 g/mol. The number of nitrogens with two attached hydrogens (primary N) is 1. The Labute approximate surface area is 230 Å². The molecule has 0 saturated carbocycles. The molecule has 4 aromatic rings. The molecule has 39 heavy (non-hydrogen) atoms. The van der Waals surface area contributed by atoms with Gasteiger partial charge in [0, 0.05) is 33.8 Å². The van der Waals surface area contributed by atoms with Crippen molar-refractivity contribution in [2.45, 2.75) is 13.8 Å². The Morgan fingerprint density at radius 1 is 0.897 bits per heavy atom. The van der Waals surface area contributed by atoms with Crippen LogP contribution in [0.2, 0.25) is 0 Å². The molecule has 0 aliphatic rings. The van der Waals surface area contributed by atoms with Crippen LogP contribution in [0.4, 0.5) is 5.69 Å². The first-order valence-electron chi connectivity index (χ1n) is 12.2. The molecule has 0 unspecified atom stereocenters. The van der Waals surface area contributed by atoms with Crippen LogP contribution in [-0.2, 0) is 0 Å². The fraction of sp³-hybridized carbons (Fsp3) is 0.133. The quantitative estimate of drug-likeness (QED) is 0.137. The second kappa shape index (κ2) is 11.7. The summed E-state index contributed by atoms with van der Waals surface area (Å²) >= 11 is 1.52. The number of carbonyl (C=O) groups excluding carboxylic acids is 2. The number of nitrogen functional groups attached to an aromatic ring is 1. The van der Waals surface area contributed by atoms with Gasteiger partial charge < -0.3 is 21.5 Å². The van der Waals surface area contributed by atoms with Crippen LogP contribution in [0.15, 0.2) is 78.2 Å². The summed E-state index contributed by atoms with van der Waals surface area (Å²) in [6.45, 7) is 4.40. The van der Waals surface area contributed by atoms with E-state index >= 15 is 0 Å². The van der Waals surface area contributed by atoms with E-state index in [4.69, 9.17) is 11.1 Å². The first-order valence-corrected chi connectivity index (χ1v) is 13.1. The van der Waals surface area contributed by atoms with Crippen molar-refractivity contribution in [2.75, 3.05) is 11.9 Å². The summed E-state index contributed by atoms with van der Waals surface area (Å²) < 4.78 is 0. The van der Waals surface area contributed by atoms with Gasteiger partial charge in [0.25, 0.3) is 11.8 Å². The Hall–Kier alpha value is -4.76. The van der Waals surface area contributed by atoms with Crippen molar-refractivity contribution in [2.24, 2.45) is 11.7 Å². The van der Waals surface area contributed by atoms with Crippen molar-refractivity contribution >= 4 is 40.6 Å². The fourth-order valence-electron chi connectivity index (χ4n) is 3.99. The Balaban J connectivity index is 1.77. The van der Waals surface area contributed by atoms with Gasteiger partial charge in [0.05, 0.1) is 5.56 Å². The monoisotopic (exact) mass is 540 g/mol. The van der Waals surface area contributed by atoms with Crippen molar-refractivity contribution < 1.29 is 19.5 Å². The topological polar surface area (TPSA) is 145 Å². The minimum atomic E-state index is -1.21. The molecule has 9 heteroatoms. The van der Waals surface area contributed by atoms with Crippen LogP contribution >= 0.6 is 11.3 Å². The van der Waals surface area contributed by atoms with Crippen molar-refractivity contribution in [3.8, 4) is 21.6 Å². The normalized spacial score (nSPS) is 10.7. The number of hydrogen-bond acceptors (Lipinski definition) is 5. The molecule has 0 aliphatic carbocycles. The van der Waals surface area contributed by atoms with Crippen molar-refractivity contribution in [3.05, 3.63) is 100 Å². The third kappa shape index (κ3) is 6.39. The molecule has 2 amide bonds. The molecule has 3 aromatic carbocycles. The van der Waals surface area contributed by atoms with E-state index in [2.05, 4.69) is 10.6 Å². The van der Waals surface area contributed by atoms with E-state index < -0.39 is 11.9 Å². The van der Waals surface area contributed by atoms with E-state index in [0.29, 0.717) is 28.9 Å². The molecule has 1 heterocycles. The fourth-order valence-corrected chi connectivity index (χ4v) is 4.71. The van der Waals surface area contributed by atoms with Gasteiger partial charge in [0.2, 0.25) is 0 Å². The summed E-state index contributed by atoms with van der Waals surface area (Å²) in [5.41, 5.74) is 8.50. The summed E-state index contributed by atoms with van der Waals surface area (Å²) in [5, 5.41) is 25.2. The predicted octanol–water partition coefficient (Wildman–Crippen LogP) is 5.70. The average Bonchev–Trinajstić information content (AvgIpc) is 3.46. The zero-order chi connectivity index (χ0) is 28.1. The van der Waals surface area contributed by atoms with Gasteiger partial charge in [0.1, 0.15) is 5.84 Å². The number of carbonyl (C=O) groups is 3. The molecule has 0 saturated heterocycles. The summed E-state index contributed by atoms with van der Waals surface area (Å²) in [5.74, 6) is -1.85. The van der Waals surface area contributed by atoms with E-state index in [1.54, 1.807) is 48.5 Å². The largest absolute Gasteiger partial charge is 0.478 e. The highest BCUT2D eigenvalue weighted by atomic mass is 32.1. The zero-order valence-electron chi connectivity index (χ0n) is 21.4. The Bertz CT molecular complexity index is 1540. The van der Waals surface area contributed by atoms with Crippen LogP contribution < -0.4 is 16.4 Å². The molecule has 0 bridgehead atoms. The second-order valence-corrected chi connectivity index (χ2v) is 10.3. The molecule has 6 N–H and O–H groups in total. The Morgan fingerprint density at radius 2 is 1.56 bits per heavy atom. The van der Waals surface area contributed by atoms with Crippen LogP contribution in [0.1, 0.15) is 50.5 Å². The lowest BCUT2D eigenvalue weighted by atomic mass is 9.91. The van der Waals surface area contributed by atoms with Crippen LogP contribution in [0.3, 0.4) is 0 Å². The maximum Gasteiger partial charge on any atom is 0.336 e. The lowest BCUT2D eigenvalue weighted by Crippen LogP contribution is -2.27. The first kappa shape index (κ1) is 27.3. The number of carboxylic acids is 1. The first-order chi connectivity index (χ1) is 18.6.